The van der Waals surface area contributed by atoms with E-state index in [-0.39, 0.29) is 22.2 Å². The molecular formula is C18H14Cl2N2O2S. The predicted octanol–water partition coefficient (Wildman–Crippen LogP) is 5.86. The van der Waals surface area contributed by atoms with Crippen molar-refractivity contribution in [3.63, 3.8) is 0 Å². The molecule has 0 aliphatic carbocycles. The van der Waals surface area contributed by atoms with Gasteiger partial charge in [0.2, 0.25) is 0 Å². The first-order chi connectivity index (χ1) is 12.0. The molecule has 0 unspecified atom stereocenters. The highest BCUT2D eigenvalue weighted by molar-refractivity contribution is 7.13. The van der Waals surface area contributed by atoms with Crippen LogP contribution in [0.4, 0.5) is 10.8 Å². The van der Waals surface area contributed by atoms with E-state index in [0.717, 1.165) is 10.8 Å². The zero-order chi connectivity index (χ0) is 17.8. The molecule has 0 saturated carbocycles. The van der Waals surface area contributed by atoms with E-state index in [2.05, 4.69) is 10.3 Å². The Bertz CT molecular complexity index is 874. The lowest BCUT2D eigenvalue weighted by molar-refractivity contribution is 0.0469. The molecule has 1 aromatic heterocycles. The Kier molecular flexibility index (Phi) is 5.58. The molecule has 0 aliphatic heterocycles. The second-order valence-electron chi connectivity index (χ2n) is 5.31. The van der Waals surface area contributed by atoms with Gasteiger partial charge in [-0.25, -0.2) is 9.78 Å². The van der Waals surface area contributed by atoms with E-state index in [1.54, 1.807) is 18.2 Å². The second kappa shape index (κ2) is 7.87. The molecule has 2 aromatic carbocycles. The monoisotopic (exact) mass is 392 g/mol. The van der Waals surface area contributed by atoms with Gasteiger partial charge in [-0.05, 0) is 31.2 Å². The number of nitrogens with one attached hydrogen (secondary N) is 1. The molecule has 3 aromatic rings. The van der Waals surface area contributed by atoms with Gasteiger partial charge in [-0.2, -0.15) is 0 Å². The maximum atomic E-state index is 12.2. The smallest absolute Gasteiger partial charge is 0.341 e. The quantitative estimate of drug-likeness (QED) is 0.552. The Morgan fingerprint density at radius 2 is 1.84 bits per heavy atom. The van der Waals surface area contributed by atoms with Gasteiger partial charge in [0.15, 0.2) is 5.13 Å². The largest absolute Gasteiger partial charge is 0.455 e. The third-order valence-corrected chi connectivity index (χ3v) is 4.81. The number of esters is 1. The zero-order valence-electron chi connectivity index (χ0n) is 13.3. The summed E-state index contributed by atoms with van der Waals surface area (Å²) < 4.78 is 5.26. The summed E-state index contributed by atoms with van der Waals surface area (Å²) in [5, 5.41) is 6.30. The van der Waals surface area contributed by atoms with Crippen molar-refractivity contribution in [2.75, 3.05) is 5.32 Å². The number of aryl methyl sites for hydroxylation is 1. The molecule has 25 heavy (non-hydrogen) atoms. The van der Waals surface area contributed by atoms with E-state index in [9.17, 15) is 4.79 Å². The molecule has 1 N–H and O–H groups in total. The van der Waals surface area contributed by atoms with Crippen LogP contribution in [0, 0.1) is 6.92 Å². The summed E-state index contributed by atoms with van der Waals surface area (Å²) in [5.41, 5.74) is 2.96. The van der Waals surface area contributed by atoms with Gasteiger partial charge in [0.05, 0.1) is 21.3 Å². The van der Waals surface area contributed by atoms with Crippen molar-refractivity contribution < 1.29 is 9.53 Å². The minimum Gasteiger partial charge on any atom is -0.455 e. The van der Waals surface area contributed by atoms with Crippen LogP contribution in [0.5, 0.6) is 0 Å². The molecule has 0 spiro atoms. The summed E-state index contributed by atoms with van der Waals surface area (Å²) in [7, 11) is 0. The molecule has 0 saturated heterocycles. The summed E-state index contributed by atoms with van der Waals surface area (Å²) >= 11 is 13.4. The van der Waals surface area contributed by atoms with Crippen molar-refractivity contribution in [3.05, 3.63) is 74.7 Å². The van der Waals surface area contributed by atoms with Crippen molar-refractivity contribution in [3.8, 4) is 0 Å². The van der Waals surface area contributed by atoms with E-state index in [1.165, 1.54) is 16.9 Å². The highest BCUT2D eigenvalue weighted by Gasteiger charge is 2.16. The highest BCUT2D eigenvalue weighted by atomic mass is 35.5. The van der Waals surface area contributed by atoms with Crippen LogP contribution in [0.1, 0.15) is 21.6 Å². The van der Waals surface area contributed by atoms with E-state index >= 15 is 0 Å². The molecule has 0 fully saturated rings. The first kappa shape index (κ1) is 17.7. The molecule has 128 valence electrons. The Labute approximate surface area is 159 Å². The van der Waals surface area contributed by atoms with Gasteiger partial charge < -0.3 is 10.1 Å². The molecule has 4 nitrogen and oxygen atoms in total. The van der Waals surface area contributed by atoms with Gasteiger partial charge in [-0.15, -0.1) is 11.3 Å². The van der Waals surface area contributed by atoms with Crippen molar-refractivity contribution in [2.24, 2.45) is 0 Å². The molecule has 7 heteroatoms. The maximum Gasteiger partial charge on any atom is 0.341 e. The number of aromatic nitrogens is 1. The number of hydrogen-bond donors (Lipinski definition) is 1. The van der Waals surface area contributed by atoms with E-state index in [4.69, 9.17) is 27.9 Å². The Morgan fingerprint density at radius 3 is 2.52 bits per heavy atom. The van der Waals surface area contributed by atoms with Gasteiger partial charge in [0, 0.05) is 11.1 Å². The van der Waals surface area contributed by atoms with Gasteiger partial charge in [0.25, 0.3) is 0 Å². The van der Waals surface area contributed by atoms with Gasteiger partial charge in [0.1, 0.15) is 6.61 Å². The Balaban J connectivity index is 1.62. The summed E-state index contributed by atoms with van der Waals surface area (Å²) in [5.74, 6) is -0.573. The molecule has 0 radical (unpaired) electrons. The highest BCUT2D eigenvalue weighted by Crippen LogP contribution is 2.26. The van der Waals surface area contributed by atoms with Gasteiger partial charge in [-0.1, -0.05) is 47.0 Å². The van der Waals surface area contributed by atoms with Crippen LogP contribution in [0.15, 0.2) is 47.8 Å². The first-order valence-electron chi connectivity index (χ1n) is 7.42. The van der Waals surface area contributed by atoms with Crippen molar-refractivity contribution >= 4 is 51.3 Å². The van der Waals surface area contributed by atoms with E-state index in [1.807, 2.05) is 36.6 Å². The summed E-state index contributed by atoms with van der Waals surface area (Å²) in [6, 6.07) is 12.9. The third-order valence-electron chi connectivity index (χ3n) is 3.37. The van der Waals surface area contributed by atoms with Crippen LogP contribution in [0.3, 0.4) is 0 Å². The second-order valence-corrected chi connectivity index (χ2v) is 6.98. The molecule has 1 heterocycles. The lowest BCUT2D eigenvalue weighted by atomic mass is 10.2. The number of hydrogen-bond acceptors (Lipinski definition) is 5. The lowest BCUT2D eigenvalue weighted by Crippen LogP contribution is -2.07. The minimum atomic E-state index is -0.573. The molecule has 0 atom stereocenters. The fraction of sp³-hybridized carbons (Fsp3) is 0.111. The molecule has 0 amide bonds. The fourth-order valence-electron chi connectivity index (χ4n) is 2.10. The number of carbonyl (C=O) groups excluding carboxylic acids is 1. The number of thiazole rings is 1. The SMILES string of the molecule is Cc1ccc(Nc2nc(COC(=O)c3c(Cl)cccc3Cl)cs2)cc1. The summed E-state index contributed by atoms with van der Waals surface area (Å²) in [4.78, 5) is 16.6. The van der Waals surface area contributed by atoms with Crippen LogP contribution in [0.25, 0.3) is 0 Å². The topological polar surface area (TPSA) is 51.2 Å². The van der Waals surface area contributed by atoms with E-state index in [0.29, 0.717) is 5.69 Å². The summed E-state index contributed by atoms with van der Waals surface area (Å²) in [6.07, 6.45) is 0. The number of benzene rings is 2. The van der Waals surface area contributed by atoms with Crippen LogP contribution in [-0.2, 0) is 11.3 Å². The van der Waals surface area contributed by atoms with E-state index < -0.39 is 5.97 Å². The number of carbonyl (C=O) groups is 1. The number of anilines is 2. The Hall–Kier alpha value is -2.08. The van der Waals surface area contributed by atoms with Crippen LogP contribution in [-0.4, -0.2) is 11.0 Å². The predicted molar refractivity (Wildman–Crippen MR) is 102 cm³/mol. The molecule has 3 rings (SSSR count). The van der Waals surface area contributed by atoms with Crippen LogP contribution in [0.2, 0.25) is 10.0 Å². The third kappa shape index (κ3) is 4.51. The minimum absolute atomic E-state index is 0.0481. The maximum absolute atomic E-state index is 12.2. The lowest BCUT2D eigenvalue weighted by Gasteiger charge is -2.06. The van der Waals surface area contributed by atoms with Crippen LogP contribution >= 0.6 is 34.5 Å². The number of halogens is 2. The summed E-state index contributed by atoms with van der Waals surface area (Å²) in [6.45, 7) is 2.08. The van der Waals surface area contributed by atoms with Crippen LogP contribution < -0.4 is 5.32 Å². The molecular weight excluding hydrogens is 379 g/mol. The van der Waals surface area contributed by atoms with Crippen molar-refractivity contribution in [1.82, 2.24) is 4.98 Å². The number of nitrogens with zero attached hydrogens (tertiary/aromatic N) is 1. The zero-order valence-corrected chi connectivity index (χ0v) is 15.6. The first-order valence-corrected chi connectivity index (χ1v) is 9.06. The van der Waals surface area contributed by atoms with Crippen molar-refractivity contribution in [1.29, 1.82) is 0 Å². The van der Waals surface area contributed by atoms with Gasteiger partial charge >= 0.3 is 5.97 Å². The molecule has 0 bridgehead atoms. The average Bonchev–Trinajstić information content (AvgIpc) is 3.02. The molecule has 0 aliphatic rings. The Morgan fingerprint density at radius 1 is 1.16 bits per heavy atom. The van der Waals surface area contributed by atoms with Crippen molar-refractivity contribution in [2.45, 2.75) is 13.5 Å². The number of ether oxygens (including phenoxy) is 1. The van der Waals surface area contributed by atoms with Gasteiger partial charge in [-0.3, -0.25) is 0 Å². The fourth-order valence-corrected chi connectivity index (χ4v) is 3.36. The standard InChI is InChI=1S/C18H14Cl2N2O2S/c1-11-5-7-12(8-6-11)21-18-22-13(10-25-18)9-24-17(23)16-14(19)3-2-4-15(16)20/h2-8,10H,9H2,1H3,(H,21,22). The average molecular weight is 393 g/mol. The normalized spacial score (nSPS) is 10.5. The number of rotatable bonds is 5.